The number of hydrogen-bond acceptors (Lipinski definition) is 4. The van der Waals surface area contributed by atoms with Crippen molar-refractivity contribution in [1.82, 2.24) is 10.6 Å². The first-order valence-electron chi connectivity index (χ1n) is 9.50. The summed E-state index contributed by atoms with van der Waals surface area (Å²) in [7, 11) is 3.18. The lowest BCUT2D eigenvalue weighted by Crippen LogP contribution is -2.53. The molecule has 0 saturated heterocycles. The number of carbonyl (C=O) groups excluding carboxylic acids is 2. The van der Waals surface area contributed by atoms with Gasteiger partial charge in [0, 0.05) is 23.2 Å². The van der Waals surface area contributed by atoms with E-state index in [9.17, 15) is 9.59 Å². The van der Waals surface area contributed by atoms with Crippen LogP contribution in [-0.2, 0) is 0 Å². The van der Waals surface area contributed by atoms with Crippen LogP contribution >= 0.6 is 0 Å². The summed E-state index contributed by atoms with van der Waals surface area (Å²) in [4.78, 5) is 25.2. The number of nitrogens with one attached hydrogen (secondary N) is 2. The van der Waals surface area contributed by atoms with Gasteiger partial charge in [-0.3, -0.25) is 9.59 Å². The van der Waals surface area contributed by atoms with Gasteiger partial charge in [-0.25, -0.2) is 0 Å². The monoisotopic (exact) mass is 382 g/mol. The van der Waals surface area contributed by atoms with E-state index < -0.39 is 0 Å². The third-order valence-electron chi connectivity index (χ3n) is 5.10. The number of amides is 2. The molecule has 0 aromatic heterocycles. The minimum absolute atomic E-state index is 0.0921. The summed E-state index contributed by atoms with van der Waals surface area (Å²) in [6.45, 7) is 0. The molecule has 0 heterocycles. The zero-order valence-corrected chi connectivity index (χ0v) is 16.2. The predicted molar refractivity (Wildman–Crippen MR) is 107 cm³/mol. The number of carbonyl (C=O) groups is 2. The highest BCUT2D eigenvalue weighted by Crippen LogP contribution is 2.20. The Kier molecular flexibility index (Phi) is 6.53. The third-order valence-corrected chi connectivity index (χ3v) is 5.10. The van der Waals surface area contributed by atoms with Gasteiger partial charge in [0.15, 0.2) is 0 Å². The zero-order chi connectivity index (χ0) is 19.9. The molecular weight excluding hydrogens is 356 g/mol. The first-order chi connectivity index (χ1) is 13.6. The lowest BCUT2D eigenvalue weighted by atomic mass is 9.89. The Bertz CT molecular complexity index is 733. The van der Waals surface area contributed by atoms with E-state index in [-0.39, 0.29) is 23.9 Å². The molecule has 0 radical (unpaired) electrons. The fourth-order valence-corrected chi connectivity index (χ4v) is 3.46. The van der Waals surface area contributed by atoms with Gasteiger partial charge in [-0.05, 0) is 61.4 Å². The topological polar surface area (TPSA) is 76.7 Å². The molecule has 0 bridgehead atoms. The van der Waals surface area contributed by atoms with Crippen LogP contribution in [0.4, 0.5) is 0 Å². The van der Waals surface area contributed by atoms with Crippen molar-refractivity contribution in [2.24, 2.45) is 0 Å². The number of rotatable bonds is 6. The second-order valence-electron chi connectivity index (χ2n) is 6.90. The molecule has 0 aliphatic heterocycles. The molecule has 2 atom stereocenters. The molecule has 1 saturated carbocycles. The number of ether oxygens (including phenoxy) is 2. The normalized spacial score (nSPS) is 18.8. The predicted octanol–water partition coefficient (Wildman–Crippen LogP) is 3.17. The van der Waals surface area contributed by atoms with Crippen LogP contribution in [0.15, 0.2) is 48.5 Å². The maximum atomic E-state index is 12.6. The van der Waals surface area contributed by atoms with Crippen LogP contribution in [-0.4, -0.2) is 38.1 Å². The Morgan fingerprint density at radius 2 is 1.07 bits per heavy atom. The van der Waals surface area contributed by atoms with E-state index in [0.29, 0.717) is 22.6 Å². The molecule has 1 aliphatic carbocycles. The van der Waals surface area contributed by atoms with E-state index >= 15 is 0 Å². The molecule has 6 nitrogen and oxygen atoms in total. The molecule has 2 aromatic rings. The molecule has 0 spiro atoms. The van der Waals surface area contributed by atoms with Gasteiger partial charge >= 0.3 is 0 Å². The first-order valence-corrected chi connectivity index (χ1v) is 9.50. The number of hydrogen-bond donors (Lipinski definition) is 2. The van der Waals surface area contributed by atoms with Crippen LogP contribution in [0.3, 0.4) is 0 Å². The lowest BCUT2D eigenvalue weighted by Gasteiger charge is -2.33. The van der Waals surface area contributed by atoms with Crippen molar-refractivity contribution < 1.29 is 19.1 Å². The maximum Gasteiger partial charge on any atom is 0.251 e. The molecule has 28 heavy (non-hydrogen) atoms. The molecule has 1 aliphatic rings. The van der Waals surface area contributed by atoms with Gasteiger partial charge in [0.1, 0.15) is 11.5 Å². The van der Waals surface area contributed by atoms with E-state index in [1.807, 2.05) is 0 Å². The molecule has 2 aromatic carbocycles. The molecule has 2 amide bonds. The van der Waals surface area contributed by atoms with Gasteiger partial charge in [-0.15, -0.1) is 0 Å². The second kappa shape index (κ2) is 9.26. The summed E-state index contributed by atoms with van der Waals surface area (Å²) in [6, 6.07) is 13.8. The average molecular weight is 382 g/mol. The highest BCUT2D eigenvalue weighted by Gasteiger charge is 2.28. The summed E-state index contributed by atoms with van der Waals surface area (Å²) >= 11 is 0. The maximum absolute atomic E-state index is 12.6. The largest absolute Gasteiger partial charge is 0.497 e. The summed E-state index contributed by atoms with van der Waals surface area (Å²) in [5.74, 6) is 1.13. The minimum Gasteiger partial charge on any atom is -0.497 e. The number of benzene rings is 2. The number of methoxy groups -OCH3 is 2. The average Bonchev–Trinajstić information content (AvgIpc) is 2.75. The van der Waals surface area contributed by atoms with Crippen LogP contribution in [0, 0.1) is 0 Å². The van der Waals surface area contributed by atoms with Crippen molar-refractivity contribution in [2.45, 2.75) is 37.8 Å². The summed E-state index contributed by atoms with van der Waals surface area (Å²) in [5.41, 5.74) is 1.15. The molecule has 1 fully saturated rings. The molecule has 148 valence electrons. The Balaban J connectivity index is 1.63. The quantitative estimate of drug-likeness (QED) is 0.805. The van der Waals surface area contributed by atoms with Crippen molar-refractivity contribution in [3.8, 4) is 11.5 Å². The van der Waals surface area contributed by atoms with Crippen LogP contribution in [0.1, 0.15) is 46.4 Å². The standard InChI is InChI=1S/C22H26N2O4/c1-27-17-11-7-15(8-12-17)21(25)23-19-5-3-4-6-20(19)24-22(26)16-9-13-18(28-2)14-10-16/h7-14,19-20H,3-6H2,1-2H3,(H,23,25)(H,24,26). The Labute approximate surface area is 165 Å². The highest BCUT2D eigenvalue weighted by molar-refractivity contribution is 5.95. The highest BCUT2D eigenvalue weighted by atomic mass is 16.5. The Morgan fingerprint density at radius 1 is 0.714 bits per heavy atom. The second-order valence-corrected chi connectivity index (χ2v) is 6.90. The van der Waals surface area contributed by atoms with Crippen LogP contribution in [0.25, 0.3) is 0 Å². The Hall–Kier alpha value is -3.02. The van der Waals surface area contributed by atoms with Crippen LogP contribution < -0.4 is 20.1 Å². The molecule has 6 heteroatoms. The van der Waals surface area contributed by atoms with E-state index in [1.165, 1.54) is 0 Å². The minimum atomic E-state index is -0.141. The van der Waals surface area contributed by atoms with Crippen molar-refractivity contribution in [3.05, 3.63) is 59.7 Å². The lowest BCUT2D eigenvalue weighted by molar-refractivity contribution is 0.0862. The third kappa shape index (κ3) is 4.82. The van der Waals surface area contributed by atoms with Crippen molar-refractivity contribution in [3.63, 3.8) is 0 Å². The summed E-state index contributed by atoms with van der Waals surface area (Å²) < 4.78 is 10.3. The van der Waals surface area contributed by atoms with Gasteiger partial charge in [-0.2, -0.15) is 0 Å². The first kappa shape index (κ1) is 19.7. The van der Waals surface area contributed by atoms with Crippen molar-refractivity contribution in [2.75, 3.05) is 14.2 Å². The van der Waals surface area contributed by atoms with E-state index in [4.69, 9.17) is 9.47 Å². The summed E-state index contributed by atoms with van der Waals surface area (Å²) in [6.07, 6.45) is 3.75. The molecular formula is C22H26N2O4. The van der Waals surface area contributed by atoms with Crippen LogP contribution in [0.5, 0.6) is 11.5 Å². The smallest absolute Gasteiger partial charge is 0.251 e. The van der Waals surface area contributed by atoms with Gasteiger partial charge in [0.05, 0.1) is 14.2 Å². The fourth-order valence-electron chi connectivity index (χ4n) is 3.46. The van der Waals surface area contributed by atoms with Gasteiger partial charge < -0.3 is 20.1 Å². The van der Waals surface area contributed by atoms with Crippen molar-refractivity contribution >= 4 is 11.8 Å². The fraction of sp³-hybridized carbons (Fsp3) is 0.364. The Morgan fingerprint density at radius 3 is 1.39 bits per heavy atom. The molecule has 2 N–H and O–H groups in total. The van der Waals surface area contributed by atoms with Crippen LogP contribution in [0.2, 0.25) is 0 Å². The van der Waals surface area contributed by atoms with E-state index in [1.54, 1.807) is 62.8 Å². The zero-order valence-electron chi connectivity index (χ0n) is 16.2. The summed E-state index contributed by atoms with van der Waals surface area (Å²) in [5, 5.41) is 6.17. The van der Waals surface area contributed by atoms with E-state index in [0.717, 1.165) is 25.7 Å². The molecule has 2 unspecified atom stereocenters. The van der Waals surface area contributed by atoms with Gasteiger partial charge in [0.2, 0.25) is 0 Å². The van der Waals surface area contributed by atoms with Crippen molar-refractivity contribution in [1.29, 1.82) is 0 Å². The van der Waals surface area contributed by atoms with Gasteiger partial charge in [0.25, 0.3) is 11.8 Å². The SMILES string of the molecule is COc1ccc(C(=O)NC2CCCCC2NC(=O)c2ccc(OC)cc2)cc1. The van der Waals surface area contributed by atoms with E-state index in [2.05, 4.69) is 10.6 Å². The molecule has 3 rings (SSSR count). The van der Waals surface area contributed by atoms with Gasteiger partial charge in [-0.1, -0.05) is 12.8 Å².